The largest absolute Gasteiger partial charge is 0.481 e. The molecule has 0 aliphatic rings. The molecular formula is C6H11N3O. The van der Waals surface area contributed by atoms with Crippen molar-refractivity contribution in [1.29, 1.82) is 0 Å². The molecule has 0 fully saturated rings. The Hall–Kier alpha value is -1.03. The lowest BCUT2D eigenvalue weighted by molar-refractivity contribution is 0.361. The predicted octanol–water partition coefficient (Wildman–Crippen LogP) is -0.150. The highest BCUT2D eigenvalue weighted by Crippen LogP contribution is 2.06. The molecule has 1 aromatic rings. The van der Waals surface area contributed by atoms with E-state index in [-0.39, 0.29) is 0 Å². The first kappa shape index (κ1) is 7.08. The third-order valence-electron chi connectivity index (χ3n) is 1.23. The molecule has 1 heterocycles. The van der Waals surface area contributed by atoms with Crippen molar-refractivity contribution in [3.63, 3.8) is 0 Å². The van der Waals surface area contributed by atoms with Crippen LogP contribution in [0.4, 0.5) is 0 Å². The van der Waals surface area contributed by atoms with Gasteiger partial charge in [0, 0.05) is 12.6 Å². The molecule has 4 nitrogen and oxygen atoms in total. The molecule has 0 spiro atoms. The summed E-state index contributed by atoms with van der Waals surface area (Å²) in [5.41, 5.74) is 5.33. The summed E-state index contributed by atoms with van der Waals surface area (Å²) in [5, 5.41) is 3.99. The Morgan fingerprint density at radius 1 is 1.80 bits per heavy atom. The molecule has 10 heavy (non-hydrogen) atoms. The standard InChI is InChI=1S/C6H11N3O/c1-10-6-2-4-8-9(6)5-3-7/h2,4H,3,5,7H2,1H3. The van der Waals surface area contributed by atoms with E-state index in [1.54, 1.807) is 24.1 Å². The van der Waals surface area contributed by atoms with Crippen LogP contribution in [-0.2, 0) is 6.54 Å². The van der Waals surface area contributed by atoms with Crippen LogP contribution in [0, 0.1) is 0 Å². The maximum atomic E-state index is 5.33. The summed E-state index contributed by atoms with van der Waals surface area (Å²) < 4.78 is 6.70. The maximum absolute atomic E-state index is 5.33. The van der Waals surface area contributed by atoms with E-state index in [9.17, 15) is 0 Å². The smallest absolute Gasteiger partial charge is 0.211 e. The zero-order valence-corrected chi connectivity index (χ0v) is 5.95. The Bertz CT molecular complexity index is 197. The topological polar surface area (TPSA) is 53.1 Å². The SMILES string of the molecule is COc1ccnn1CCN. The molecule has 0 aromatic carbocycles. The zero-order chi connectivity index (χ0) is 7.40. The third-order valence-corrected chi connectivity index (χ3v) is 1.23. The molecule has 0 radical (unpaired) electrons. The average Bonchev–Trinajstić information content (AvgIpc) is 2.36. The molecule has 0 saturated heterocycles. The number of hydrogen-bond donors (Lipinski definition) is 1. The van der Waals surface area contributed by atoms with Crippen molar-refractivity contribution in [3.05, 3.63) is 12.3 Å². The molecule has 0 aliphatic heterocycles. The van der Waals surface area contributed by atoms with Crippen molar-refractivity contribution in [2.24, 2.45) is 5.73 Å². The van der Waals surface area contributed by atoms with E-state index in [1.807, 2.05) is 0 Å². The quantitative estimate of drug-likeness (QED) is 0.637. The Labute approximate surface area is 59.6 Å². The summed E-state index contributed by atoms with van der Waals surface area (Å²) >= 11 is 0. The molecule has 0 unspecified atom stereocenters. The monoisotopic (exact) mass is 141 g/mol. The van der Waals surface area contributed by atoms with Gasteiger partial charge < -0.3 is 10.5 Å². The van der Waals surface area contributed by atoms with Gasteiger partial charge in [0.1, 0.15) is 0 Å². The second-order valence-corrected chi connectivity index (χ2v) is 1.89. The van der Waals surface area contributed by atoms with E-state index in [2.05, 4.69) is 5.10 Å². The Balaban J connectivity index is 2.70. The lowest BCUT2D eigenvalue weighted by Crippen LogP contribution is -2.11. The molecule has 2 N–H and O–H groups in total. The molecule has 4 heteroatoms. The van der Waals surface area contributed by atoms with E-state index in [1.165, 1.54) is 0 Å². The molecule has 0 amide bonds. The number of nitrogens with two attached hydrogens (primary N) is 1. The van der Waals surface area contributed by atoms with E-state index in [0.717, 1.165) is 5.88 Å². The Morgan fingerprint density at radius 3 is 3.20 bits per heavy atom. The van der Waals surface area contributed by atoms with Crippen LogP contribution in [0.3, 0.4) is 0 Å². The fourth-order valence-electron chi connectivity index (χ4n) is 0.784. The number of methoxy groups -OCH3 is 1. The first-order valence-corrected chi connectivity index (χ1v) is 3.14. The lowest BCUT2D eigenvalue weighted by atomic mass is 10.6. The lowest BCUT2D eigenvalue weighted by Gasteiger charge is -2.02. The van der Waals surface area contributed by atoms with Crippen LogP contribution < -0.4 is 10.5 Å². The van der Waals surface area contributed by atoms with Crippen LogP contribution in [-0.4, -0.2) is 23.4 Å². The first-order chi connectivity index (χ1) is 4.88. The van der Waals surface area contributed by atoms with Crippen molar-refractivity contribution in [1.82, 2.24) is 9.78 Å². The summed E-state index contributed by atoms with van der Waals surface area (Å²) in [6, 6.07) is 1.80. The van der Waals surface area contributed by atoms with Gasteiger partial charge in [0.2, 0.25) is 5.88 Å². The normalized spacial score (nSPS) is 9.80. The highest BCUT2D eigenvalue weighted by Gasteiger charge is 1.97. The number of ether oxygens (including phenoxy) is 1. The molecular weight excluding hydrogens is 130 g/mol. The second kappa shape index (κ2) is 3.22. The van der Waals surface area contributed by atoms with Crippen LogP contribution in [0.5, 0.6) is 5.88 Å². The van der Waals surface area contributed by atoms with Gasteiger partial charge in [-0.2, -0.15) is 5.10 Å². The third kappa shape index (κ3) is 1.27. The van der Waals surface area contributed by atoms with Gasteiger partial charge in [0.25, 0.3) is 0 Å². The van der Waals surface area contributed by atoms with Gasteiger partial charge in [-0.1, -0.05) is 0 Å². The fourth-order valence-corrected chi connectivity index (χ4v) is 0.784. The molecule has 56 valence electrons. The van der Waals surface area contributed by atoms with Crippen molar-refractivity contribution in [3.8, 4) is 5.88 Å². The van der Waals surface area contributed by atoms with Crippen molar-refractivity contribution in [2.45, 2.75) is 6.54 Å². The van der Waals surface area contributed by atoms with E-state index in [0.29, 0.717) is 13.1 Å². The highest BCUT2D eigenvalue weighted by atomic mass is 16.5. The Morgan fingerprint density at radius 2 is 2.60 bits per heavy atom. The average molecular weight is 141 g/mol. The predicted molar refractivity (Wildman–Crippen MR) is 37.8 cm³/mol. The number of hydrogen-bond acceptors (Lipinski definition) is 3. The molecule has 0 saturated carbocycles. The minimum Gasteiger partial charge on any atom is -0.481 e. The first-order valence-electron chi connectivity index (χ1n) is 3.14. The van der Waals surface area contributed by atoms with Crippen molar-refractivity contribution < 1.29 is 4.74 Å². The van der Waals surface area contributed by atoms with Crippen LogP contribution in [0.25, 0.3) is 0 Å². The summed E-state index contributed by atoms with van der Waals surface area (Å²) in [7, 11) is 1.62. The highest BCUT2D eigenvalue weighted by molar-refractivity contribution is 5.06. The van der Waals surface area contributed by atoms with Gasteiger partial charge >= 0.3 is 0 Å². The number of aromatic nitrogens is 2. The fraction of sp³-hybridized carbons (Fsp3) is 0.500. The molecule has 0 bridgehead atoms. The van der Waals surface area contributed by atoms with Gasteiger partial charge in [-0.15, -0.1) is 0 Å². The van der Waals surface area contributed by atoms with Crippen molar-refractivity contribution >= 4 is 0 Å². The number of nitrogens with zero attached hydrogens (tertiary/aromatic N) is 2. The molecule has 1 rings (SSSR count). The van der Waals surface area contributed by atoms with Crippen LogP contribution >= 0.6 is 0 Å². The summed E-state index contributed by atoms with van der Waals surface area (Å²) in [6.45, 7) is 1.29. The van der Waals surface area contributed by atoms with Gasteiger partial charge in [0.15, 0.2) is 0 Å². The summed E-state index contributed by atoms with van der Waals surface area (Å²) in [4.78, 5) is 0. The Kier molecular flexibility index (Phi) is 2.28. The van der Waals surface area contributed by atoms with Gasteiger partial charge in [-0.25, -0.2) is 4.68 Å². The summed E-state index contributed by atoms with van der Waals surface area (Å²) in [6.07, 6.45) is 1.69. The van der Waals surface area contributed by atoms with Crippen LogP contribution in [0.2, 0.25) is 0 Å². The van der Waals surface area contributed by atoms with Crippen LogP contribution in [0.15, 0.2) is 12.3 Å². The van der Waals surface area contributed by atoms with E-state index >= 15 is 0 Å². The second-order valence-electron chi connectivity index (χ2n) is 1.89. The van der Waals surface area contributed by atoms with Gasteiger partial charge in [-0.05, 0) is 0 Å². The zero-order valence-electron chi connectivity index (χ0n) is 5.95. The van der Waals surface area contributed by atoms with Gasteiger partial charge in [-0.3, -0.25) is 0 Å². The molecule has 1 aromatic heterocycles. The maximum Gasteiger partial charge on any atom is 0.211 e. The minimum atomic E-state index is 0.581. The molecule has 0 aliphatic carbocycles. The van der Waals surface area contributed by atoms with E-state index < -0.39 is 0 Å². The van der Waals surface area contributed by atoms with Gasteiger partial charge in [0.05, 0.1) is 19.9 Å². The van der Waals surface area contributed by atoms with E-state index in [4.69, 9.17) is 10.5 Å². The number of rotatable bonds is 3. The van der Waals surface area contributed by atoms with Crippen molar-refractivity contribution in [2.75, 3.05) is 13.7 Å². The molecule has 0 atom stereocenters. The van der Waals surface area contributed by atoms with Crippen LogP contribution in [0.1, 0.15) is 0 Å². The minimum absolute atomic E-state index is 0.581. The summed E-state index contributed by atoms with van der Waals surface area (Å²) in [5.74, 6) is 0.755.